The zero-order valence-corrected chi connectivity index (χ0v) is 12.0. The van der Waals surface area contributed by atoms with E-state index in [4.69, 9.17) is 5.11 Å². The number of aliphatic hydroxyl groups excluding tert-OH is 1. The van der Waals surface area contributed by atoms with Gasteiger partial charge in [0, 0.05) is 10.9 Å². The number of halogens is 1. The predicted molar refractivity (Wildman–Crippen MR) is 74.4 cm³/mol. The van der Waals surface area contributed by atoms with Crippen LogP contribution >= 0.6 is 15.9 Å². The Hall–Kier alpha value is -0.870. The molecule has 1 aliphatic carbocycles. The van der Waals surface area contributed by atoms with Crippen LogP contribution in [0.4, 0.5) is 0 Å². The molecule has 1 unspecified atom stereocenters. The van der Waals surface area contributed by atoms with Gasteiger partial charge in [-0.2, -0.15) is 0 Å². The second-order valence-electron chi connectivity index (χ2n) is 5.14. The summed E-state index contributed by atoms with van der Waals surface area (Å²) < 4.78 is 1.04. The molecule has 1 aliphatic rings. The van der Waals surface area contributed by atoms with Crippen LogP contribution in [0.1, 0.15) is 37.7 Å². The predicted octanol–water partition coefficient (Wildman–Crippen LogP) is 2.58. The van der Waals surface area contributed by atoms with Crippen LogP contribution in [-0.2, 0) is 4.79 Å². The van der Waals surface area contributed by atoms with Crippen molar-refractivity contribution in [1.82, 2.24) is 5.32 Å². The normalized spacial score (nSPS) is 18.2. The van der Waals surface area contributed by atoms with Gasteiger partial charge in [-0.25, -0.2) is 0 Å². The molecular weight excluding hydrogens is 294 g/mol. The average Bonchev–Trinajstić information content (AvgIpc) is 3.10. The molecule has 98 valence electrons. The number of aliphatic hydroxyl groups is 1. The van der Waals surface area contributed by atoms with E-state index in [1.807, 2.05) is 31.2 Å². The maximum Gasteiger partial charge on any atom is 0.221 e. The van der Waals surface area contributed by atoms with E-state index in [0.29, 0.717) is 6.42 Å². The van der Waals surface area contributed by atoms with Gasteiger partial charge < -0.3 is 10.4 Å². The minimum atomic E-state index is -0.309. The summed E-state index contributed by atoms with van der Waals surface area (Å²) in [6.07, 6.45) is 2.24. The summed E-state index contributed by atoms with van der Waals surface area (Å²) >= 11 is 3.40. The average molecular weight is 312 g/mol. The van der Waals surface area contributed by atoms with E-state index < -0.39 is 0 Å². The number of carbonyl (C=O) groups excluding carboxylic acids is 1. The van der Waals surface area contributed by atoms with Gasteiger partial charge >= 0.3 is 0 Å². The Balaban J connectivity index is 1.89. The van der Waals surface area contributed by atoms with Gasteiger partial charge in [-0.1, -0.05) is 35.0 Å². The highest BCUT2D eigenvalue weighted by Gasteiger charge is 2.43. The monoisotopic (exact) mass is 311 g/mol. The van der Waals surface area contributed by atoms with Crippen LogP contribution in [-0.4, -0.2) is 23.2 Å². The lowest BCUT2D eigenvalue weighted by Crippen LogP contribution is -2.39. The Labute approximate surface area is 116 Å². The highest BCUT2D eigenvalue weighted by Crippen LogP contribution is 2.35. The van der Waals surface area contributed by atoms with Crippen LogP contribution in [0.5, 0.6) is 0 Å². The second kappa shape index (κ2) is 5.41. The third-order valence-electron chi connectivity index (χ3n) is 3.49. The van der Waals surface area contributed by atoms with Gasteiger partial charge in [0.2, 0.25) is 5.91 Å². The lowest BCUT2D eigenvalue weighted by atomic mass is 9.97. The Kier molecular flexibility index (Phi) is 4.07. The molecule has 0 heterocycles. The lowest BCUT2D eigenvalue weighted by molar-refractivity contribution is -0.122. The first-order chi connectivity index (χ1) is 8.54. The van der Waals surface area contributed by atoms with Gasteiger partial charge in [0.15, 0.2) is 0 Å². The second-order valence-corrected chi connectivity index (χ2v) is 6.06. The van der Waals surface area contributed by atoms with E-state index in [1.165, 1.54) is 0 Å². The molecule has 1 aromatic rings. The van der Waals surface area contributed by atoms with E-state index >= 15 is 0 Å². The third kappa shape index (κ3) is 3.33. The zero-order valence-electron chi connectivity index (χ0n) is 10.4. The minimum absolute atomic E-state index is 0.0250. The molecule has 0 aliphatic heterocycles. The lowest BCUT2D eigenvalue weighted by Gasteiger charge is -2.17. The number of amides is 1. The van der Waals surface area contributed by atoms with Crippen LogP contribution in [0.2, 0.25) is 0 Å². The Bertz CT molecular complexity index is 426. The quantitative estimate of drug-likeness (QED) is 0.878. The number of nitrogens with one attached hydrogen (secondary N) is 1. The molecule has 1 saturated carbocycles. The molecule has 3 nitrogen and oxygen atoms in total. The summed E-state index contributed by atoms with van der Waals surface area (Å²) in [6, 6.07) is 8.03. The van der Waals surface area contributed by atoms with Gasteiger partial charge in [0.25, 0.3) is 0 Å². The Morgan fingerprint density at radius 1 is 1.44 bits per heavy atom. The molecule has 0 spiro atoms. The number of hydrogen-bond acceptors (Lipinski definition) is 2. The Morgan fingerprint density at radius 2 is 2.06 bits per heavy atom. The van der Waals surface area contributed by atoms with Crippen LogP contribution in [0, 0.1) is 0 Å². The minimum Gasteiger partial charge on any atom is -0.394 e. The van der Waals surface area contributed by atoms with Crippen molar-refractivity contribution in [2.75, 3.05) is 6.61 Å². The molecular formula is C14H18BrNO2. The van der Waals surface area contributed by atoms with Gasteiger partial charge in [0.05, 0.1) is 12.1 Å². The fourth-order valence-electron chi connectivity index (χ4n) is 2.01. The molecule has 4 heteroatoms. The van der Waals surface area contributed by atoms with E-state index in [9.17, 15) is 4.79 Å². The van der Waals surface area contributed by atoms with Gasteiger partial charge in [-0.15, -0.1) is 0 Å². The van der Waals surface area contributed by atoms with Crippen molar-refractivity contribution in [2.45, 2.75) is 37.6 Å². The summed E-state index contributed by atoms with van der Waals surface area (Å²) in [5, 5.41) is 12.1. The molecule has 0 aromatic heterocycles. The molecule has 1 fully saturated rings. The van der Waals surface area contributed by atoms with E-state index in [1.54, 1.807) is 0 Å². The molecule has 2 N–H and O–H groups in total. The smallest absolute Gasteiger partial charge is 0.221 e. The van der Waals surface area contributed by atoms with Crippen LogP contribution in [0.15, 0.2) is 28.7 Å². The highest BCUT2D eigenvalue weighted by molar-refractivity contribution is 9.10. The molecule has 1 aromatic carbocycles. The number of benzene rings is 1. The standard InChI is InChI=1S/C14H18BrNO2/c1-10(11-2-4-12(15)5-3-11)8-13(18)16-14(9-17)6-7-14/h2-5,10,17H,6-9H2,1H3,(H,16,18). The number of carbonyl (C=O) groups is 1. The molecule has 1 atom stereocenters. The topological polar surface area (TPSA) is 49.3 Å². The number of hydrogen-bond donors (Lipinski definition) is 2. The molecule has 2 rings (SSSR count). The van der Waals surface area contributed by atoms with Crippen molar-refractivity contribution in [3.63, 3.8) is 0 Å². The van der Waals surface area contributed by atoms with E-state index in [2.05, 4.69) is 21.2 Å². The fraction of sp³-hybridized carbons (Fsp3) is 0.500. The maximum atomic E-state index is 11.9. The van der Waals surface area contributed by atoms with Crippen molar-refractivity contribution in [3.05, 3.63) is 34.3 Å². The maximum absolute atomic E-state index is 11.9. The fourth-order valence-corrected chi connectivity index (χ4v) is 2.27. The van der Waals surface area contributed by atoms with Crippen molar-refractivity contribution in [1.29, 1.82) is 0 Å². The van der Waals surface area contributed by atoms with Crippen LogP contribution in [0.3, 0.4) is 0 Å². The van der Waals surface area contributed by atoms with Crippen LogP contribution in [0.25, 0.3) is 0 Å². The summed E-state index contributed by atoms with van der Waals surface area (Å²) in [5.41, 5.74) is 0.846. The first-order valence-corrected chi connectivity index (χ1v) is 7.01. The Morgan fingerprint density at radius 3 is 2.56 bits per heavy atom. The first-order valence-electron chi connectivity index (χ1n) is 6.22. The van der Waals surface area contributed by atoms with Crippen molar-refractivity contribution in [3.8, 4) is 0 Å². The molecule has 1 amide bonds. The van der Waals surface area contributed by atoms with Crippen molar-refractivity contribution in [2.24, 2.45) is 0 Å². The SMILES string of the molecule is CC(CC(=O)NC1(CO)CC1)c1ccc(Br)cc1. The molecule has 0 saturated heterocycles. The molecule has 0 radical (unpaired) electrons. The van der Waals surface area contributed by atoms with Crippen molar-refractivity contribution < 1.29 is 9.90 Å². The third-order valence-corrected chi connectivity index (χ3v) is 4.02. The van der Waals surface area contributed by atoms with Gasteiger partial charge in [-0.3, -0.25) is 4.79 Å². The van der Waals surface area contributed by atoms with E-state index in [-0.39, 0.29) is 24.0 Å². The molecule has 18 heavy (non-hydrogen) atoms. The zero-order chi connectivity index (χ0) is 13.2. The first kappa shape index (κ1) is 13.6. The van der Waals surface area contributed by atoms with Gasteiger partial charge in [0.1, 0.15) is 0 Å². The highest BCUT2D eigenvalue weighted by atomic mass is 79.9. The number of rotatable bonds is 5. The largest absolute Gasteiger partial charge is 0.394 e. The van der Waals surface area contributed by atoms with Gasteiger partial charge in [-0.05, 0) is 36.5 Å². The summed E-state index contributed by atoms with van der Waals surface area (Å²) in [5.74, 6) is 0.213. The van der Waals surface area contributed by atoms with Crippen molar-refractivity contribution >= 4 is 21.8 Å². The summed E-state index contributed by atoms with van der Waals surface area (Å²) in [4.78, 5) is 11.9. The molecule has 0 bridgehead atoms. The summed E-state index contributed by atoms with van der Waals surface area (Å²) in [7, 11) is 0. The van der Waals surface area contributed by atoms with E-state index in [0.717, 1.165) is 22.9 Å². The summed E-state index contributed by atoms with van der Waals surface area (Å²) in [6.45, 7) is 2.09. The van der Waals surface area contributed by atoms with Crippen LogP contribution < -0.4 is 5.32 Å².